The number of benzene rings is 5. The van der Waals surface area contributed by atoms with E-state index in [-0.39, 0.29) is 73.9 Å². The number of fused-ring (bicyclic) bond motifs is 2. The summed E-state index contributed by atoms with van der Waals surface area (Å²) < 4.78 is 46.8. The molecule has 1 fully saturated rings. The van der Waals surface area contributed by atoms with Crippen LogP contribution in [0.5, 0.6) is 28.7 Å². The molecular formula is C56H57FN4O14. The topological polar surface area (TPSA) is 232 Å². The maximum Gasteiger partial charge on any atom is 0.416 e. The molecule has 8 rings (SSSR count). The first-order valence-electron chi connectivity index (χ1n) is 24.6. The Morgan fingerprint density at radius 1 is 0.867 bits per heavy atom. The van der Waals surface area contributed by atoms with Gasteiger partial charge in [-0.15, -0.1) is 6.58 Å². The van der Waals surface area contributed by atoms with Gasteiger partial charge in [-0.2, -0.15) is 0 Å². The van der Waals surface area contributed by atoms with Crippen molar-refractivity contribution in [3.8, 4) is 28.7 Å². The summed E-state index contributed by atoms with van der Waals surface area (Å²) in [7, 11) is 1.47. The number of unbranched alkanes of at least 4 members (excludes halogenated alkanes) is 2. The number of nitro benzene ring substituents is 2. The minimum Gasteiger partial charge on any atom is -0.496 e. The highest BCUT2D eigenvalue weighted by Gasteiger charge is 2.66. The first-order valence-corrected chi connectivity index (χ1v) is 24.6. The molecule has 0 aromatic heterocycles. The molecule has 0 bridgehead atoms. The number of nitro groups is 2. The van der Waals surface area contributed by atoms with Crippen LogP contribution in [0.4, 0.5) is 20.6 Å². The summed E-state index contributed by atoms with van der Waals surface area (Å²) in [6, 6.07) is 25.6. The van der Waals surface area contributed by atoms with Crippen LogP contribution in [0.15, 0.2) is 139 Å². The van der Waals surface area contributed by atoms with E-state index in [2.05, 4.69) is 12.7 Å². The van der Waals surface area contributed by atoms with Crippen molar-refractivity contribution in [2.45, 2.75) is 75.8 Å². The number of allylic oxidation sites excluding steroid dienone is 1. The Kier molecular flexibility index (Phi) is 17.3. The van der Waals surface area contributed by atoms with Gasteiger partial charge in [0.15, 0.2) is 6.29 Å². The highest BCUT2D eigenvalue weighted by molar-refractivity contribution is 6.03. The van der Waals surface area contributed by atoms with Crippen molar-refractivity contribution in [1.29, 1.82) is 0 Å². The zero-order valence-electron chi connectivity index (χ0n) is 41.2. The largest absolute Gasteiger partial charge is 0.496 e. The lowest BCUT2D eigenvalue weighted by molar-refractivity contribution is -0.385. The van der Waals surface area contributed by atoms with Crippen LogP contribution in [-0.4, -0.2) is 81.8 Å². The molecule has 1 amide bonds. The van der Waals surface area contributed by atoms with Crippen molar-refractivity contribution in [2.75, 3.05) is 26.9 Å². The van der Waals surface area contributed by atoms with E-state index in [0.29, 0.717) is 90.2 Å². The van der Waals surface area contributed by atoms with Crippen LogP contribution in [0.25, 0.3) is 0 Å². The number of hydrogen-bond donors (Lipinski definition) is 2. The fourth-order valence-electron chi connectivity index (χ4n) is 10.5. The number of ether oxygens (including phenoxy) is 5. The minimum absolute atomic E-state index is 0.00254. The molecule has 5 aromatic carbocycles. The number of aldehydes is 1. The van der Waals surface area contributed by atoms with Crippen LogP contribution in [0.2, 0.25) is 0 Å². The zero-order chi connectivity index (χ0) is 53.1. The lowest BCUT2D eigenvalue weighted by Crippen LogP contribution is -2.70. The summed E-state index contributed by atoms with van der Waals surface area (Å²) in [6.45, 7) is 3.60. The molecule has 0 saturated heterocycles. The number of oxime groups is 1. The fourth-order valence-corrected chi connectivity index (χ4v) is 10.5. The number of aliphatic hydroxyl groups is 2. The van der Waals surface area contributed by atoms with Crippen LogP contribution in [0.3, 0.4) is 0 Å². The highest BCUT2D eigenvalue weighted by Crippen LogP contribution is 2.62. The first kappa shape index (κ1) is 53.3. The van der Waals surface area contributed by atoms with Gasteiger partial charge < -0.3 is 38.7 Å². The predicted octanol–water partition coefficient (Wildman–Crippen LogP) is 10.8. The lowest BCUT2D eigenvalue weighted by Gasteiger charge is -2.59. The van der Waals surface area contributed by atoms with Gasteiger partial charge >= 0.3 is 6.09 Å². The van der Waals surface area contributed by atoms with Gasteiger partial charge in [-0.25, -0.2) is 9.18 Å². The van der Waals surface area contributed by atoms with Crippen molar-refractivity contribution < 1.29 is 62.6 Å². The number of aliphatic hydroxyl groups excluding tert-OH is 2. The second kappa shape index (κ2) is 24.4. The Morgan fingerprint density at radius 3 is 2.16 bits per heavy atom. The SMILES string of the molecule is C=CCO[C@@]12Oc3ccc(Oc4ccc(OC)c(C=O)c4)cc3[C@H]3[C@H](CCCCO)[C@@H](CCCCO)C=C(C(=NOCc4ccc([N+](=O)[O-])cc4)C[C@@H]1N(Cc1ccc(F)cc1)C(=O)Oc1ccc([N+](=O)[O-])cc1)[C@H]32. The third-order valence-electron chi connectivity index (χ3n) is 13.9. The van der Waals surface area contributed by atoms with Crippen LogP contribution in [-0.2, 0) is 22.7 Å². The Bertz CT molecular complexity index is 2920. The van der Waals surface area contributed by atoms with E-state index in [1.54, 1.807) is 48.5 Å². The number of halogens is 1. The first-order chi connectivity index (χ1) is 36.4. The summed E-state index contributed by atoms with van der Waals surface area (Å²) in [6.07, 6.45) is 7.06. The number of nitrogens with zero attached hydrogens (tertiary/aromatic N) is 4. The van der Waals surface area contributed by atoms with Crippen LogP contribution in [0.1, 0.15) is 77.9 Å². The third-order valence-corrected chi connectivity index (χ3v) is 13.9. The van der Waals surface area contributed by atoms with Crippen LogP contribution >= 0.6 is 0 Å². The summed E-state index contributed by atoms with van der Waals surface area (Å²) in [5.74, 6) is -2.34. The zero-order valence-corrected chi connectivity index (χ0v) is 41.2. The molecule has 1 heterocycles. The van der Waals surface area contributed by atoms with Gasteiger partial charge in [-0.1, -0.05) is 42.3 Å². The number of rotatable bonds is 24. The fraction of sp³-hybridized carbons (Fsp3) is 0.339. The minimum atomic E-state index is -1.77. The van der Waals surface area contributed by atoms with Crippen molar-refractivity contribution >= 4 is 29.5 Å². The number of carbonyl (C=O) groups is 2. The quantitative estimate of drug-likeness (QED) is 0.0192. The van der Waals surface area contributed by atoms with E-state index in [1.807, 2.05) is 6.07 Å². The lowest BCUT2D eigenvalue weighted by atomic mass is 9.55. The molecule has 5 aromatic rings. The third kappa shape index (κ3) is 12.0. The van der Waals surface area contributed by atoms with Gasteiger partial charge in [0.25, 0.3) is 11.4 Å². The molecule has 6 atom stereocenters. The summed E-state index contributed by atoms with van der Waals surface area (Å²) >= 11 is 0. The van der Waals surface area contributed by atoms with Gasteiger partial charge in [-0.3, -0.25) is 29.9 Å². The molecule has 1 saturated carbocycles. The number of non-ortho nitro benzene ring substituents is 2. The average molecular weight is 1030 g/mol. The summed E-state index contributed by atoms with van der Waals surface area (Å²) in [5, 5.41) is 48.0. The molecule has 2 N–H and O–H groups in total. The molecule has 3 aliphatic rings. The van der Waals surface area contributed by atoms with Gasteiger partial charge in [0.1, 0.15) is 47.2 Å². The van der Waals surface area contributed by atoms with Crippen LogP contribution in [0, 0.1) is 43.8 Å². The van der Waals surface area contributed by atoms with Gasteiger partial charge in [0, 0.05) is 61.9 Å². The smallest absolute Gasteiger partial charge is 0.416 e. The normalized spacial score (nSPS) is 20.8. The number of hydrogen-bond acceptors (Lipinski definition) is 15. The molecule has 0 spiro atoms. The second-order valence-corrected chi connectivity index (χ2v) is 18.5. The number of carbonyl (C=O) groups excluding carboxylic acids is 2. The van der Waals surface area contributed by atoms with Crippen molar-refractivity contribution in [3.63, 3.8) is 0 Å². The van der Waals surface area contributed by atoms with E-state index in [4.69, 9.17) is 33.7 Å². The van der Waals surface area contributed by atoms with E-state index in [0.717, 1.165) is 5.56 Å². The van der Waals surface area contributed by atoms with Gasteiger partial charge in [-0.05, 0) is 127 Å². The Balaban J connectivity index is 1.34. The Morgan fingerprint density at radius 2 is 1.51 bits per heavy atom. The van der Waals surface area contributed by atoms with Gasteiger partial charge in [0.2, 0.25) is 5.79 Å². The standard InChI is InChI=1S/C56H57FN4O14/c1-3-28-71-56-52(59(33-36-10-14-40(57)15-11-36)55(65)74-43-20-18-42(19-21-43)61(68)69)32-49(58-72-35-37-12-16-41(17-13-37)60(66)67)47-30-38(8-4-6-26-62)46(9-5-7-27-63)53(54(47)56)48-31-45(23-25-51(48)75-56)73-44-22-24-50(70-2)39(29-44)34-64/h3,10-25,29-31,34,38,46,52-54,62-63H,1,4-9,26-28,32-33,35H2,2H3/t38-,46+,52-,53+,54+,56+/m0/s1. The van der Waals surface area contributed by atoms with E-state index >= 15 is 4.79 Å². The molecule has 392 valence electrons. The van der Waals surface area contributed by atoms with Gasteiger partial charge in [0.05, 0.1) is 40.8 Å². The Hall–Kier alpha value is -8.00. The molecule has 75 heavy (non-hydrogen) atoms. The van der Waals surface area contributed by atoms with E-state index < -0.39 is 45.4 Å². The van der Waals surface area contributed by atoms with E-state index in [1.165, 1.54) is 72.7 Å². The summed E-state index contributed by atoms with van der Waals surface area (Å²) in [4.78, 5) is 56.8. The maximum atomic E-state index is 15.1. The Labute approximate surface area is 431 Å². The number of amides is 1. The second-order valence-electron chi connectivity index (χ2n) is 18.5. The van der Waals surface area contributed by atoms with Crippen molar-refractivity contribution in [2.24, 2.45) is 22.9 Å². The molecule has 0 radical (unpaired) electrons. The predicted molar refractivity (Wildman–Crippen MR) is 272 cm³/mol. The molecular weight excluding hydrogens is 972 g/mol. The van der Waals surface area contributed by atoms with Crippen LogP contribution < -0.4 is 18.9 Å². The van der Waals surface area contributed by atoms with Crippen molar-refractivity contribution in [3.05, 3.63) is 182 Å². The van der Waals surface area contributed by atoms with Crippen molar-refractivity contribution in [1.82, 2.24) is 4.90 Å². The average Bonchev–Trinajstić information content (AvgIpc) is 3.45. The summed E-state index contributed by atoms with van der Waals surface area (Å²) in [5.41, 5.74) is 2.91. The molecule has 1 aliphatic heterocycles. The molecule has 18 nitrogen and oxygen atoms in total. The highest BCUT2D eigenvalue weighted by atomic mass is 19.1. The number of methoxy groups -OCH3 is 1. The monoisotopic (exact) mass is 1030 g/mol. The molecule has 2 aliphatic carbocycles. The maximum absolute atomic E-state index is 15.1. The molecule has 19 heteroatoms. The van der Waals surface area contributed by atoms with E-state index in [9.17, 15) is 39.6 Å². The molecule has 0 unspecified atom stereocenters.